The third kappa shape index (κ3) is 4.52. The van der Waals surface area contributed by atoms with Crippen LogP contribution in [-0.4, -0.2) is 46.7 Å². The van der Waals surface area contributed by atoms with Crippen LogP contribution in [0.5, 0.6) is 5.75 Å². The first kappa shape index (κ1) is 22.7. The maximum absolute atomic E-state index is 13.6. The van der Waals surface area contributed by atoms with E-state index in [0.29, 0.717) is 5.56 Å². The number of ether oxygens (including phenoxy) is 1. The van der Waals surface area contributed by atoms with E-state index in [0.717, 1.165) is 72.7 Å². The molecule has 5 rings (SSSR count). The number of methoxy groups -OCH3 is 1. The van der Waals surface area contributed by atoms with E-state index in [1.807, 2.05) is 71.1 Å². The van der Waals surface area contributed by atoms with Crippen LogP contribution in [0.15, 0.2) is 60.6 Å². The molecule has 1 atom stereocenters. The van der Waals surface area contributed by atoms with Gasteiger partial charge in [0.15, 0.2) is 0 Å². The molecular formula is C28H29N5O2. The van der Waals surface area contributed by atoms with Crippen LogP contribution in [0.4, 0.5) is 5.69 Å². The van der Waals surface area contributed by atoms with Gasteiger partial charge in [-0.15, -0.1) is 0 Å². The highest BCUT2D eigenvalue weighted by atomic mass is 16.5. The number of carbonyl (C=O) groups excluding carboxylic acids is 1. The van der Waals surface area contributed by atoms with Gasteiger partial charge >= 0.3 is 0 Å². The maximum atomic E-state index is 13.6. The van der Waals surface area contributed by atoms with Crippen LogP contribution >= 0.6 is 0 Å². The highest BCUT2D eigenvalue weighted by Gasteiger charge is 2.35. The summed E-state index contributed by atoms with van der Waals surface area (Å²) in [4.78, 5) is 22.2. The molecule has 3 heterocycles. The number of likely N-dealkylation sites (tertiary alicyclic amines) is 1. The van der Waals surface area contributed by atoms with Crippen molar-refractivity contribution in [3.8, 4) is 17.5 Å². The Balaban J connectivity index is 1.38. The highest BCUT2D eigenvalue weighted by Crippen LogP contribution is 2.32. The lowest BCUT2D eigenvalue weighted by Gasteiger charge is -2.39. The standard InChI is InChI=1S/C28H29N5O2/c1-20-18-31(19-30-20)25-12-9-22(16-26(25)35-2)15-23-5-3-14-33(28(23)34)27-6-4-13-32(27)24-10-7-21(17-29)8-11-24/h7-12,15-16,18-19,27H,3-6,13-14H2,1-2H3/b23-15+/t27-/m0/s1. The van der Waals surface area contributed by atoms with Crippen molar-refractivity contribution in [2.24, 2.45) is 0 Å². The Bertz CT molecular complexity index is 1300. The van der Waals surface area contributed by atoms with Crippen LogP contribution in [0, 0.1) is 18.3 Å². The minimum absolute atomic E-state index is 0.0422. The molecule has 0 N–H and O–H groups in total. The largest absolute Gasteiger partial charge is 0.495 e. The molecule has 2 saturated heterocycles. The number of carbonyl (C=O) groups is 1. The van der Waals surface area contributed by atoms with E-state index in [1.165, 1.54) is 0 Å². The molecule has 2 fully saturated rings. The number of nitriles is 1. The number of aryl methyl sites for hydroxylation is 1. The molecule has 178 valence electrons. The fourth-order valence-corrected chi connectivity index (χ4v) is 5.10. The van der Waals surface area contributed by atoms with Gasteiger partial charge in [0.1, 0.15) is 11.9 Å². The lowest BCUT2D eigenvalue weighted by Crippen LogP contribution is -2.50. The highest BCUT2D eigenvalue weighted by molar-refractivity contribution is 5.99. The van der Waals surface area contributed by atoms with Gasteiger partial charge in [-0.3, -0.25) is 4.79 Å². The topological polar surface area (TPSA) is 74.4 Å². The zero-order valence-electron chi connectivity index (χ0n) is 20.1. The first-order valence-electron chi connectivity index (χ1n) is 12.0. The number of nitrogens with zero attached hydrogens (tertiary/aromatic N) is 5. The fraction of sp³-hybridized carbons (Fsp3) is 0.321. The van der Waals surface area contributed by atoms with E-state index >= 15 is 0 Å². The quantitative estimate of drug-likeness (QED) is 0.509. The third-order valence-corrected chi connectivity index (χ3v) is 6.82. The Morgan fingerprint density at radius 1 is 1.11 bits per heavy atom. The summed E-state index contributed by atoms with van der Waals surface area (Å²) >= 11 is 0. The molecule has 1 aromatic heterocycles. The lowest BCUT2D eigenvalue weighted by atomic mass is 9.99. The molecule has 2 aliphatic rings. The number of hydrogen-bond donors (Lipinski definition) is 0. The molecule has 0 aliphatic carbocycles. The molecule has 0 bridgehead atoms. The second kappa shape index (κ2) is 9.67. The minimum atomic E-state index is 0.0422. The van der Waals surface area contributed by atoms with E-state index < -0.39 is 0 Å². The molecule has 0 radical (unpaired) electrons. The molecule has 7 nitrogen and oxygen atoms in total. The number of amides is 1. The second-order valence-electron chi connectivity index (χ2n) is 9.10. The Hall–Kier alpha value is -4.05. The fourth-order valence-electron chi connectivity index (χ4n) is 5.10. The van der Waals surface area contributed by atoms with Gasteiger partial charge in [-0.05, 0) is 80.6 Å². The predicted molar refractivity (Wildman–Crippen MR) is 135 cm³/mol. The maximum Gasteiger partial charge on any atom is 0.251 e. The van der Waals surface area contributed by atoms with Crippen molar-refractivity contribution in [1.29, 1.82) is 5.26 Å². The minimum Gasteiger partial charge on any atom is -0.495 e. The molecule has 7 heteroatoms. The summed E-state index contributed by atoms with van der Waals surface area (Å²) in [6.45, 7) is 3.62. The van der Waals surface area contributed by atoms with Crippen molar-refractivity contribution in [2.75, 3.05) is 25.1 Å². The van der Waals surface area contributed by atoms with Gasteiger partial charge in [0.05, 0.1) is 36.5 Å². The van der Waals surface area contributed by atoms with Crippen LogP contribution in [0.25, 0.3) is 11.8 Å². The van der Waals surface area contributed by atoms with Gasteiger partial charge in [0, 0.05) is 30.5 Å². The average molecular weight is 468 g/mol. The van der Waals surface area contributed by atoms with Crippen LogP contribution in [0.1, 0.15) is 42.5 Å². The van der Waals surface area contributed by atoms with Crippen LogP contribution in [0.3, 0.4) is 0 Å². The summed E-state index contributed by atoms with van der Waals surface area (Å²) in [5.41, 5.74) is 5.34. The zero-order chi connectivity index (χ0) is 24.4. The Morgan fingerprint density at radius 3 is 2.63 bits per heavy atom. The van der Waals surface area contributed by atoms with Crippen molar-refractivity contribution in [3.05, 3.63) is 77.4 Å². The number of rotatable bonds is 5. The van der Waals surface area contributed by atoms with Crippen molar-refractivity contribution >= 4 is 17.7 Å². The van der Waals surface area contributed by atoms with Gasteiger partial charge in [-0.2, -0.15) is 5.26 Å². The molecule has 0 spiro atoms. The molecule has 1 amide bonds. The van der Waals surface area contributed by atoms with Gasteiger partial charge in [-0.1, -0.05) is 6.07 Å². The number of hydrogen-bond acceptors (Lipinski definition) is 5. The van der Waals surface area contributed by atoms with Gasteiger partial charge in [0.2, 0.25) is 0 Å². The molecule has 0 unspecified atom stereocenters. The van der Waals surface area contributed by atoms with E-state index in [4.69, 9.17) is 10.00 Å². The Kier molecular flexibility index (Phi) is 6.28. The monoisotopic (exact) mass is 467 g/mol. The molecule has 2 aliphatic heterocycles. The number of piperidine rings is 1. The molecule has 3 aromatic rings. The van der Waals surface area contributed by atoms with Crippen molar-refractivity contribution in [2.45, 2.75) is 38.8 Å². The van der Waals surface area contributed by atoms with Gasteiger partial charge in [0.25, 0.3) is 5.91 Å². The summed E-state index contributed by atoms with van der Waals surface area (Å²) in [5, 5.41) is 9.11. The zero-order valence-corrected chi connectivity index (χ0v) is 20.1. The summed E-state index contributed by atoms with van der Waals surface area (Å²) in [7, 11) is 1.66. The SMILES string of the molecule is COc1cc(/C=C2\CCCN([C@H]3CCCN3c3ccc(C#N)cc3)C2=O)ccc1-n1cnc(C)c1. The number of aromatic nitrogens is 2. The predicted octanol–water partition coefficient (Wildman–Crippen LogP) is 4.69. The molecular weight excluding hydrogens is 438 g/mol. The van der Waals surface area contributed by atoms with Crippen molar-refractivity contribution in [3.63, 3.8) is 0 Å². The van der Waals surface area contributed by atoms with E-state index in [1.54, 1.807) is 13.4 Å². The first-order valence-corrected chi connectivity index (χ1v) is 12.0. The summed E-state index contributed by atoms with van der Waals surface area (Å²) in [6.07, 6.45) is 9.48. The van der Waals surface area contributed by atoms with E-state index in [2.05, 4.69) is 16.0 Å². The molecule has 0 saturated carbocycles. The van der Waals surface area contributed by atoms with E-state index in [-0.39, 0.29) is 12.1 Å². The normalized spacial score (nSPS) is 19.3. The smallest absolute Gasteiger partial charge is 0.251 e. The van der Waals surface area contributed by atoms with Crippen LogP contribution in [-0.2, 0) is 4.79 Å². The summed E-state index contributed by atoms with van der Waals surface area (Å²) < 4.78 is 7.59. The number of imidazole rings is 1. The molecule has 2 aromatic carbocycles. The number of benzene rings is 2. The average Bonchev–Trinajstić information content (AvgIpc) is 3.54. The third-order valence-electron chi connectivity index (χ3n) is 6.82. The summed E-state index contributed by atoms with van der Waals surface area (Å²) in [5.74, 6) is 0.842. The van der Waals surface area contributed by atoms with Gasteiger partial charge in [-0.25, -0.2) is 4.98 Å². The second-order valence-corrected chi connectivity index (χ2v) is 9.10. The first-order chi connectivity index (χ1) is 17.1. The Morgan fingerprint density at radius 2 is 1.91 bits per heavy atom. The van der Waals surface area contributed by atoms with Crippen LogP contribution in [0.2, 0.25) is 0 Å². The summed E-state index contributed by atoms with van der Waals surface area (Å²) in [6, 6.07) is 15.8. The van der Waals surface area contributed by atoms with Crippen LogP contribution < -0.4 is 9.64 Å². The van der Waals surface area contributed by atoms with Crippen molar-refractivity contribution < 1.29 is 9.53 Å². The van der Waals surface area contributed by atoms with Crippen molar-refractivity contribution in [1.82, 2.24) is 14.5 Å². The van der Waals surface area contributed by atoms with E-state index in [9.17, 15) is 4.79 Å². The lowest BCUT2D eigenvalue weighted by molar-refractivity contribution is -0.130. The molecule has 35 heavy (non-hydrogen) atoms. The Labute approximate surface area is 205 Å². The number of anilines is 1. The van der Waals surface area contributed by atoms with Gasteiger partial charge < -0.3 is 19.1 Å².